The average Bonchev–Trinajstić information content (AvgIpc) is 3.45. The number of fused-ring (bicyclic) bond motifs is 1. The molecule has 2 aliphatic rings. The largest absolute Gasteiger partial charge is 0.366 e. The summed E-state index contributed by atoms with van der Waals surface area (Å²) in [6.45, 7) is 2.29. The minimum atomic E-state index is -0.618. The van der Waals surface area contributed by atoms with Crippen molar-refractivity contribution in [1.29, 1.82) is 0 Å². The van der Waals surface area contributed by atoms with Gasteiger partial charge in [-0.3, -0.25) is 14.9 Å². The van der Waals surface area contributed by atoms with Gasteiger partial charge in [0.2, 0.25) is 0 Å². The Morgan fingerprint density at radius 3 is 2.59 bits per heavy atom. The summed E-state index contributed by atoms with van der Waals surface area (Å²) in [6.07, 6.45) is 6.01. The van der Waals surface area contributed by atoms with E-state index in [9.17, 15) is 19.3 Å². The van der Waals surface area contributed by atoms with E-state index in [1.165, 1.54) is 24.3 Å². The molecular weight excluding hydrogens is 439 g/mol. The number of halogens is 1. The highest BCUT2D eigenvalue weighted by Gasteiger charge is 2.24. The van der Waals surface area contributed by atoms with Gasteiger partial charge in [-0.25, -0.2) is 4.39 Å². The van der Waals surface area contributed by atoms with Crippen molar-refractivity contribution in [2.75, 3.05) is 23.3 Å². The van der Waals surface area contributed by atoms with Crippen LogP contribution in [0.15, 0.2) is 36.4 Å². The second-order valence-corrected chi connectivity index (χ2v) is 8.71. The fourth-order valence-corrected chi connectivity index (χ4v) is 4.69. The van der Waals surface area contributed by atoms with E-state index in [0.29, 0.717) is 17.1 Å². The van der Waals surface area contributed by atoms with Gasteiger partial charge in [-0.15, -0.1) is 10.2 Å². The molecule has 0 aliphatic carbocycles. The number of carbonyl (C=O) groups is 1. The van der Waals surface area contributed by atoms with Crippen molar-refractivity contribution >= 4 is 23.0 Å². The molecule has 3 aromatic rings. The summed E-state index contributed by atoms with van der Waals surface area (Å²) in [4.78, 5) is 26.0. The third-order valence-corrected chi connectivity index (χ3v) is 6.46. The number of nitrogens with zero attached hydrogens (tertiary/aromatic N) is 5. The van der Waals surface area contributed by atoms with E-state index < -0.39 is 16.6 Å². The van der Waals surface area contributed by atoms with Gasteiger partial charge < -0.3 is 14.8 Å². The summed E-state index contributed by atoms with van der Waals surface area (Å²) in [5.41, 5.74) is 1.10. The van der Waals surface area contributed by atoms with Crippen molar-refractivity contribution < 1.29 is 14.1 Å². The number of carbonyl (C=O) groups excluding carboxylic acids is 1. The van der Waals surface area contributed by atoms with Gasteiger partial charge in [0.1, 0.15) is 17.3 Å². The normalized spacial score (nSPS) is 15.6. The fraction of sp³-hybridized carbons (Fsp3) is 0.375. The maximum atomic E-state index is 14.6. The van der Waals surface area contributed by atoms with Gasteiger partial charge in [0, 0.05) is 43.2 Å². The van der Waals surface area contributed by atoms with Crippen LogP contribution in [0.1, 0.15) is 48.3 Å². The third-order valence-electron chi connectivity index (χ3n) is 6.46. The summed E-state index contributed by atoms with van der Waals surface area (Å²) >= 11 is 0. The molecule has 10 heteroatoms. The minimum Gasteiger partial charge on any atom is -0.366 e. The van der Waals surface area contributed by atoms with Gasteiger partial charge in [-0.1, -0.05) is 6.42 Å². The van der Waals surface area contributed by atoms with Crippen LogP contribution < -0.4 is 10.2 Å². The van der Waals surface area contributed by atoms with Crippen LogP contribution in [0.2, 0.25) is 0 Å². The zero-order valence-electron chi connectivity index (χ0n) is 18.7. The molecule has 34 heavy (non-hydrogen) atoms. The molecule has 1 aromatic heterocycles. The zero-order valence-corrected chi connectivity index (χ0v) is 18.7. The lowest BCUT2D eigenvalue weighted by Crippen LogP contribution is -2.20. The van der Waals surface area contributed by atoms with Crippen LogP contribution in [-0.2, 0) is 13.0 Å². The van der Waals surface area contributed by atoms with Gasteiger partial charge in [-0.2, -0.15) is 0 Å². The van der Waals surface area contributed by atoms with E-state index >= 15 is 0 Å². The Hall–Kier alpha value is -3.82. The molecule has 176 valence electrons. The standard InChI is InChI=1S/C24H25FN6O3/c25-18-9-7-16(23-28-27-22-6-2-1-3-13-30(22)23)14-19(18)26-24(32)17-8-10-20(21(15-17)31(33)34)29-11-4-5-12-29/h7-10,14-15H,1-6,11-13H2,(H,26,32). The SMILES string of the molecule is O=C(Nc1cc(-c2nnc3n2CCCCC3)ccc1F)c1ccc(N2CCCC2)c([N+](=O)[O-])c1. The summed E-state index contributed by atoms with van der Waals surface area (Å²) in [7, 11) is 0. The number of benzene rings is 2. The summed E-state index contributed by atoms with van der Waals surface area (Å²) < 4.78 is 16.6. The summed E-state index contributed by atoms with van der Waals surface area (Å²) in [5, 5.41) is 22.8. The zero-order chi connectivity index (χ0) is 23.7. The van der Waals surface area contributed by atoms with Crippen LogP contribution in [0.3, 0.4) is 0 Å². The lowest BCUT2D eigenvalue weighted by atomic mass is 10.1. The third kappa shape index (κ3) is 4.23. The number of anilines is 2. The molecule has 0 saturated carbocycles. The minimum absolute atomic E-state index is 0.0141. The lowest BCUT2D eigenvalue weighted by molar-refractivity contribution is -0.384. The number of nitrogens with one attached hydrogen (secondary N) is 1. The quantitative estimate of drug-likeness (QED) is 0.438. The highest BCUT2D eigenvalue weighted by atomic mass is 19.1. The topological polar surface area (TPSA) is 106 Å². The van der Waals surface area contributed by atoms with Gasteiger partial charge in [-0.05, 0) is 56.0 Å². The second kappa shape index (κ2) is 9.20. The lowest BCUT2D eigenvalue weighted by Gasteiger charge is -2.18. The maximum Gasteiger partial charge on any atom is 0.293 e. The van der Waals surface area contributed by atoms with Crippen LogP contribution >= 0.6 is 0 Å². The van der Waals surface area contributed by atoms with E-state index in [1.807, 2.05) is 9.47 Å². The summed E-state index contributed by atoms with van der Waals surface area (Å²) in [5.74, 6) is 0.328. The van der Waals surface area contributed by atoms with Gasteiger partial charge in [0.15, 0.2) is 5.82 Å². The molecular formula is C24H25FN6O3. The maximum absolute atomic E-state index is 14.6. The van der Waals surface area contributed by atoms with Crippen molar-refractivity contribution in [3.05, 3.63) is 63.7 Å². The molecule has 5 rings (SSSR count). The van der Waals surface area contributed by atoms with Crippen molar-refractivity contribution in [2.24, 2.45) is 0 Å². The van der Waals surface area contributed by atoms with E-state index in [-0.39, 0.29) is 16.9 Å². The molecule has 9 nitrogen and oxygen atoms in total. The van der Waals surface area contributed by atoms with Crippen LogP contribution in [0.4, 0.5) is 21.5 Å². The molecule has 1 amide bonds. The van der Waals surface area contributed by atoms with Gasteiger partial charge in [0.05, 0.1) is 10.6 Å². The van der Waals surface area contributed by atoms with Crippen LogP contribution in [0, 0.1) is 15.9 Å². The predicted octanol–water partition coefficient (Wildman–Crippen LogP) is 4.57. The van der Waals surface area contributed by atoms with E-state index in [2.05, 4.69) is 15.5 Å². The number of aromatic nitrogens is 3. The first-order valence-corrected chi connectivity index (χ1v) is 11.6. The molecule has 1 saturated heterocycles. The fourth-order valence-electron chi connectivity index (χ4n) is 4.69. The van der Waals surface area contributed by atoms with Crippen molar-refractivity contribution in [3.63, 3.8) is 0 Å². The number of aryl methyl sites for hydroxylation is 1. The first-order chi connectivity index (χ1) is 16.5. The Bertz CT molecular complexity index is 1250. The number of nitro benzene ring substituents is 1. The van der Waals surface area contributed by atoms with Crippen LogP contribution in [0.5, 0.6) is 0 Å². The Balaban J connectivity index is 1.42. The number of amides is 1. The smallest absolute Gasteiger partial charge is 0.293 e. The first kappa shape index (κ1) is 22.0. The predicted molar refractivity (Wildman–Crippen MR) is 125 cm³/mol. The molecule has 0 bridgehead atoms. The van der Waals surface area contributed by atoms with Crippen LogP contribution in [0.25, 0.3) is 11.4 Å². The van der Waals surface area contributed by atoms with Crippen LogP contribution in [-0.4, -0.2) is 38.7 Å². The number of hydrogen-bond acceptors (Lipinski definition) is 6. The number of nitro groups is 1. The highest BCUT2D eigenvalue weighted by Crippen LogP contribution is 2.32. The monoisotopic (exact) mass is 464 g/mol. The van der Waals surface area contributed by atoms with Crippen molar-refractivity contribution in [3.8, 4) is 11.4 Å². The molecule has 0 spiro atoms. The van der Waals surface area contributed by atoms with Crippen molar-refractivity contribution in [1.82, 2.24) is 14.8 Å². The Labute approximate surface area is 195 Å². The molecule has 2 aromatic carbocycles. The van der Waals surface area contributed by atoms with Crippen molar-refractivity contribution in [2.45, 2.75) is 45.1 Å². The molecule has 3 heterocycles. The molecule has 1 N–H and O–H groups in total. The highest BCUT2D eigenvalue weighted by molar-refractivity contribution is 6.05. The van der Waals surface area contributed by atoms with Gasteiger partial charge in [0.25, 0.3) is 11.6 Å². The Kier molecular flexibility index (Phi) is 5.95. The van der Waals surface area contributed by atoms with Gasteiger partial charge >= 0.3 is 0 Å². The van der Waals surface area contributed by atoms with E-state index in [0.717, 1.165) is 64.0 Å². The number of rotatable bonds is 5. The molecule has 0 atom stereocenters. The molecule has 0 radical (unpaired) electrons. The second-order valence-electron chi connectivity index (χ2n) is 8.71. The Morgan fingerprint density at radius 1 is 1.00 bits per heavy atom. The molecule has 0 unspecified atom stereocenters. The molecule has 2 aliphatic heterocycles. The Morgan fingerprint density at radius 2 is 1.79 bits per heavy atom. The number of hydrogen-bond donors (Lipinski definition) is 1. The van der Waals surface area contributed by atoms with E-state index in [4.69, 9.17) is 0 Å². The van der Waals surface area contributed by atoms with E-state index in [1.54, 1.807) is 12.1 Å². The first-order valence-electron chi connectivity index (χ1n) is 11.6. The average molecular weight is 465 g/mol. The molecule has 1 fully saturated rings. The summed E-state index contributed by atoms with van der Waals surface area (Å²) in [6, 6.07) is 8.81.